The Labute approximate surface area is 277 Å². The second kappa shape index (κ2) is 15.1. The maximum absolute atomic E-state index is 14.3. The van der Waals surface area contributed by atoms with Crippen LogP contribution < -0.4 is 10.6 Å². The molecule has 0 aliphatic carbocycles. The normalized spacial score (nSPS) is 35.4. The van der Waals surface area contributed by atoms with Gasteiger partial charge in [0.25, 0.3) is 0 Å². The first-order chi connectivity index (χ1) is 21.2. The fraction of sp³-hybridized carbons (Fsp3) is 0.600. The van der Waals surface area contributed by atoms with E-state index in [1.54, 1.807) is 38.5 Å². The molecule has 3 unspecified atom stereocenters. The number of halogens is 2. The van der Waals surface area contributed by atoms with Crippen LogP contribution in [0.15, 0.2) is 48.5 Å². The Morgan fingerprint density at radius 2 is 1.31 bits per heavy atom. The van der Waals surface area contributed by atoms with Crippen molar-refractivity contribution in [3.63, 3.8) is 0 Å². The molecule has 10 heteroatoms. The van der Waals surface area contributed by atoms with Crippen molar-refractivity contribution in [1.82, 2.24) is 10.6 Å². The second-order valence-corrected chi connectivity index (χ2v) is 14.2. The monoisotopic (exact) mass is 662 g/mol. The highest BCUT2D eigenvalue weighted by Crippen LogP contribution is 2.38. The van der Waals surface area contributed by atoms with E-state index in [4.69, 9.17) is 42.1 Å². The van der Waals surface area contributed by atoms with Gasteiger partial charge in [0.15, 0.2) is 6.29 Å². The van der Waals surface area contributed by atoms with Gasteiger partial charge in [-0.15, -0.1) is 0 Å². The number of hydrogen-bond acceptors (Lipinski definition) is 6. The van der Waals surface area contributed by atoms with Crippen molar-refractivity contribution in [2.45, 2.75) is 109 Å². The summed E-state index contributed by atoms with van der Waals surface area (Å²) in [6.45, 7) is 10.0. The standard InChI is InChI=1S/C35H48Cl2N2O6/c1-21-18-34(4,42-6)17-16-28(40)38-30(24-8-12-26(36)13-9-24)31(25-10-14-27(37)15-11-25)39-33(41)23(3)32(21)45-29-20-35(5,43-7)19-22(2)44-29/h8-15,21-23,29-32H,16-20H2,1-7H3,(H,38,40)(H,39,41)/t21?,22-,23+,29-,30?,31?,32-,34+,35-/m0/s1. The number of carbonyl (C=O) groups is 2. The van der Waals surface area contributed by atoms with Gasteiger partial charge in [-0.2, -0.15) is 0 Å². The molecule has 2 fully saturated rings. The molecule has 2 amide bonds. The van der Waals surface area contributed by atoms with Crippen molar-refractivity contribution in [3.8, 4) is 0 Å². The Bertz CT molecular complexity index is 1290. The number of hydrogen-bond donors (Lipinski definition) is 2. The third-order valence-electron chi connectivity index (χ3n) is 9.50. The average Bonchev–Trinajstić information content (AvgIpc) is 3.00. The molecule has 45 heavy (non-hydrogen) atoms. The van der Waals surface area contributed by atoms with E-state index in [1.165, 1.54) is 0 Å². The van der Waals surface area contributed by atoms with Crippen LogP contribution in [0.3, 0.4) is 0 Å². The van der Waals surface area contributed by atoms with Crippen molar-refractivity contribution in [2.24, 2.45) is 11.8 Å². The number of carbonyl (C=O) groups excluding carboxylic acids is 2. The van der Waals surface area contributed by atoms with E-state index in [2.05, 4.69) is 24.5 Å². The largest absolute Gasteiger partial charge is 0.379 e. The molecule has 2 heterocycles. The predicted octanol–water partition coefficient (Wildman–Crippen LogP) is 7.18. The van der Waals surface area contributed by atoms with Crippen molar-refractivity contribution in [1.29, 1.82) is 0 Å². The first-order valence-electron chi connectivity index (χ1n) is 15.8. The summed E-state index contributed by atoms with van der Waals surface area (Å²) in [5.41, 5.74) is 0.562. The van der Waals surface area contributed by atoms with Gasteiger partial charge in [-0.05, 0) is 74.9 Å². The highest BCUT2D eigenvalue weighted by Gasteiger charge is 2.43. The van der Waals surface area contributed by atoms with E-state index in [0.29, 0.717) is 29.3 Å². The van der Waals surface area contributed by atoms with Crippen LogP contribution in [0.5, 0.6) is 0 Å². The number of rotatable bonds is 6. The van der Waals surface area contributed by atoms with Gasteiger partial charge in [-0.25, -0.2) is 0 Å². The zero-order valence-electron chi connectivity index (χ0n) is 27.4. The maximum atomic E-state index is 14.3. The lowest BCUT2D eigenvalue weighted by Crippen LogP contribution is -2.50. The summed E-state index contributed by atoms with van der Waals surface area (Å²) in [5.74, 6) is -1.05. The van der Waals surface area contributed by atoms with E-state index < -0.39 is 41.6 Å². The van der Waals surface area contributed by atoms with Gasteiger partial charge in [-0.1, -0.05) is 61.3 Å². The molecular formula is C35H48Cl2N2O6. The van der Waals surface area contributed by atoms with Gasteiger partial charge in [0.2, 0.25) is 11.8 Å². The number of amides is 2. The minimum absolute atomic E-state index is 0.0707. The molecule has 0 bridgehead atoms. The minimum Gasteiger partial charge on any atom is -0.379 e. The van der Waals surface area contributed by atoms with Crippen LogP contribution in [-0.4, -0.2) is 55.7 Å². The predicted molar refractivity (Wildman–Crippen MR) is 176 cm³/mol. The first kappa shape index (κ1) is 35.7. The average molecular weight is 664 g/mol. The van der Waals surface area contributed by atoms with Crippen molar-refractivity contribution < 1.29 is 28.5 Å². The van der Waals surface area contributed by atoms with E-state index in [-0.39, 0.29) is 30.3 Å². The van der Waals surface area contributed by atoms with Crippen LogP contribution in [0.1, 0.15) is 89.9 Å². The SMILES string of the molecule is CO[C@]1(C)CCC(=O)NC(c2ccc(Cl)cc2)C(c2ccc(Cl)cc2)NC(=O)[C@H](C)[C@@H](O[C@H]2C[C@@](C)(OC)C[C@H](C)O2)C(C)C1. The number of ether oxygens (including phenoxy) is 4. The van der Waals surface area contributed by atoms with E-state index in [9.17, 15) is 9.59 Å². The molecule has 0 saturated carbocycles. The fourth-order valence-corrected chi connectivity index (χ4v) is 7.02. The molecule has 248 valence electrons. The number of nitrogens with one attached hydrogen (secondary N) is 2. The third-order valence-corrected chi connectivity index (χ3v) is 10.0. The summed E-state index contributed by atoms with van der Waals surface area (Å²) < 4.78 is 24.8. The molecule has 4 rings (SSSR count). The van der Waals surface area contributed by atoms with Gasteiger partial charge >= 0.3 is 0 Å². The smallest absolute Gasteiger partial charge is 0.226 e. The zero-order valence-corrected chi connectivity index (χ0v) is 28.9. The van der Waals surface area contributed by atoms with Gasteiger partial charge in [0.05, 0.1) is 41.4 Å². The van der Waals surface area contributed by atoms with Crippen LogP contribution in [-0.2, 0) is 28.5 Å². The van der Waals surface area contributed by atoms with Crippen molar-refractivity contribution in [3.05, 3.63) is 69.7 Å². The molecule has 2 aliphatic heterocycles. The second-order valence-electron chi connectivity index (χ2n) is 13.3. The number of methoxy groups -OCH3 is 2. The van der Waals surface area contributed by atoms with E-state index in [0.717, 1.165) is 17.5 Å². The molecule has 2 saturated heterocycles. The Morgan fingerprint density at radius 3 is 1.84 bits per heavy atom. The molecule has 8 nitrogen and oxygen atoms in total. The first-order valence-corrected chi connectivity index (χ1v) is 16.5. The van der Waals surface area contributed by atoms with Crippen molar-refractivity contribution >= 4 is 35.0 Å². The topological polar surface area (TPSA) is 95.1 Å². The quantitative estimate of drug-likeness (QED) is 0.340. The Kier molecular flexibility index (Phi) is 12.0. The van der Waals surface area contributed by atoms with Crippen molar-refractivity contribution in [2.75, 3.05) is 14.2 Å². The lowest BCUT2D eigenvalue weighted by Gasteiger charge is -2.43. The molecule has 0 radical (unpaired) electrons. The van der Waals surface area contributed by atoms with Crippen LogP contribution in [0.4, 0.5) is 0 Å². The minimum atomic E-state index is -0.629. The van der Waals surface area contributed by atoms with Gasteiger partial charge in [0.1, 0.15) is 0 Å². The molecule has 0 aromatic heterocycles. The Hall–Kier alpha value is -2.20. The van der Waals surface area contributed by atoms with E-state index in [1.807, 2.05) is 45.0 Å². The van der Waals surface area contributed by atoms with Gasteiger partial charge in [0, 0.05) is 43.5 Å². The van der Waals surface area contributed by atoms with Crippen LogP contribution in [0, 0.1) is 11.8 Å². The summed E-state index contributed by atoms with van der Waals surface area (Å²) in [6, 6.07) is 13.4. The summed E-state index contributed by atoms with van der Waals surface area (Å²) in [4.78, 5) is 27.9. The lowest BCUT2D eigenvalue weighted by atomic mass is 9.82. The third kappa shape index (κ3) is 9.21. The Morgan fingerprint density at radius 1 is 0.778 bits per heavy atom. The zero-order chi connectivity index (χ0) is 32.9. The highest BCUT2D eigenvalue weighted by molar-refractivity contribution is 6.30. The summed E-state index contributed by atoms with van der Waals surface area (Å²) >= 11 is 12.5. The molecule has 2 aromatic carbocycles. The molecule has 2 aromatic rings. The van der Waals surface area contributed by atoms with Crippen LogP contribution >= 0.6 is 23.2 Å². The summed E-state index contributed by atoms with van der Waals surface area (Å²) in [7, 11) is 3.37. The van der Waals surface area contributed by atoms with E-state index >= 15 is 0 Å². The van der Waals surface area contributed by atoms with Crippen LogP contribution in [0.2, 0.25) is 10.0 Å². The summed E-state index contributed by atoms with van der Waals surface area (Å²) in [5, 5.41) is 7.63. The summed E-state index contributed by atoms with van der Waals surface area (Å²) in [6.07, 6.45) is 1.44. The lowest BCUT2D eigenvalue weighted by molar-refractivity contribution is -0.263. The fourth-order valence-electron chi connectivity index (χ4n) is 6.77. The Balaban J connectivity index is 1.76. The molecule has 0 spiro atoms. The highest BCUT2D eigenvalue weighted by atomic mass is 35.5. The van der Waals surface area contributed by atoms with Crippen LogP contribution in [0.25, 0.3) is 0 Å². The van der Waals surface area contributed by atoms with Gasteiger partial charge < -0.3 is 29.6 Å². The molecular weight excluding hydrogens is 615 g/mol. The molecule has 9 atom stereocenters. The molecule has 2 N–H and O–H groups in total. The number of benzene rings is 2. The van der Waals surface area contributed by atoms with Gasteiger partial charge in [-0.3, -0.25) is 9.59 Å². The maximum Gasteiger partial charge on any atom is 0.226 e. The molecule has 2 aliphatic rings.